The molecule has 104 valence electrons. The van der Waals surface area contributed by atoms with Gasteiger partial charge in [-0.25, -0.2) is 0 Å². The SMILES string of the molecule is COc1cc2c(C)c(C)n3c(=O)c4ccccc4c(c1)c23. The molecule has 0 aliphatic heterocycles. The van der Waals surface area contributed by atoms with Crippen molar-refractivity contribution in [2.45, 2.75) is 13.8 Å². The molecule has 0 amide bonds. The minimum Gasteiger partial charge on any atom is -0.497 e. The van der Waals surface area contributed by atoms with Crippen molar-refractivity contribution in [1.82, 2.24) is 4.40 Å². The second-order valence-electron chi connectivity index (χ2n) is 5.47. The van der Waals surface area contributed by atoms with Crippen LogP contribution in [0.1, 0.15) is 11.3 Å². The normalized spacial score (nSPS) is 11.8. The summed E-state index contributed by atoms with van der Waals surface area (Å²) < 4.78 is 7.28. The average molecular weight is 277 g/mol. The van der Waals surface area contributed by atoms with E-state index in [1.54, 1.807) is 7.11 Å². The van der Waals surface area contributed by atoms with Crippen LogP contribution in [0.3, 0.4) is 0 Å². The van der Waals surface area contributed by atoms with Crippen LogP contribution in [0, 0.1) is 13.8 Å². The number of aryl methyl sites for hydroxylation is 2. The number of hydrogen-bond acceptors (Lipinski definition) is 2. The molecule has 0 aliphatic carbocycles. The fourth-order valence-electron chi connectivity index (χ4n) is 3.27. The number of pyridine rings is 1. The van der Waals surface area contributed by atoms with Crippen LogP contribution < -0.4 is 10.3 Å². The molecule has 0 atom stereocenters. The maximum Gasteiger partial charge on any atom is 0.263 e. The molecule has 0 aliphatic rings. The Balaban J connectivity index is 2.47. The molecule has 2 aromatic heterocycles. The van der Waals surface area contributed by atoms with Crippen molar-refractivity contribution >= 4 is 27.1 Å². The summed E-state index contributed by atoms with van der Waals surface area (Å²) in [4.78, 5) is 12.8. The van der Waals surface area contributed by atoms with Gasteiger partial charge in [0.25, 0.3) is 5.56 Å². The Morgan fingerprint density at radius 1 is 0.952 bits per heavy atom. The lowest BCUT2D eigenvalue weighted by Gasteiger charge is -2.08. The molecule has 0 spiro atoms. The smallest absolute Gasteiger partial charge is 0.263 e. The van der Waals surface area contributed by atoms with Gasteiger partial charge in [0.2, 0.25) is 0 Å². The lowest BCUT2D eigenvalue weighted by molar-refractivity contribution is 0.416. The molecule has 4 rings (SSSR count). The zero-order valence-corrected chi connectivity index (χ0v) is 12.2. The van der Waals surface area contributed by atoms with Gasteiger partial charge in [0.05, 0.1) is 12.6 Å². The topological polar surface area (TPSA) is 30.7 Å². The van der Waals surface area contributed by atoms with E-state index in [0.717, 1.165) is 44.1 Å². The highest BCUT2D eigenvalue weighted by Crippen LogP contribution is 2.35. The molecule has 0 saturated heterocycles. The van der Waals surface area contributed by atoms with Crippen LogP contribution in [0.25, 0.3) is 27.1 Å². The van der Waals surface area contributed by atoms with Crippen molar-refractivity contribution in [1.29, 1.82) is 0 Å². The van der Waals surface area contributed by atoms with Gasteiger partial charge in [-0.3, -0.25) is 9.20 Å². The molecular formula is C18H15NO2. The molecule has 0 radical (unpaired) electrons. The molecule has 0 bridgehead atoms. The van der Waals surface area contributed by atoms with E-state index in [4.69, 9.17) is 4.74 Å². The first-order chi connectivity index (χ1) is 10.1. The van der Waals surface area contributed by atoms with Crippen LogP contribution >= 0.6 is 0 Å². The van der Waals surface area contributed by atoms with Gasteiger partial charge in [-0.05, 0) is 43.0 Å². The van der Waals surface area contributed by atoms with E-state index in [-0.39, 0.29) is 5.56 Å². The Morgan fingerprint density at radius 2 is 1.62 bits per heavy atom. The fourth-order valence-corrected chi connectivity index (χ4v) is 3.27. The zero-order valence-electron chi connectivity index (χ0n) is 12.2. The van der Waals surface area contributed by atoms with Crippen LogP contribution in [0.4, 0.5) is 0 Å². The highest BCUT2D eigenvalue weighted by Gasteiger charge is 2.18. The van der Waals surface area contributed by atoms with Crippen LogP contribution in [-0.2, 0) is 0 Å². The minimum atomic E-state index is 0.0545. The number of hydrogen-bond donors (Lipinski definition) is 0. The first-order valence-corrected chi connectivity index (χ1v) is 6.97. The third-order valence-electron chi connectivity index (χ3n) is 4.48. The van der Waals surface area contributed by atoms with Crippen molar-refractivity contribution < 1.29 is 4.74 Å². The number of rotatable bonds is 1. The van der Waals surface area contributed by atoms with Gasteiger partial charge in [0.15, 0.2) is 0 Å². The van der Waals surface area contributed by atoms with E-state index in [0.29, 0.717) is 0 Å². The molecule has 4 aromatic rings. The van der Waals surface area contributed by atoms with Crippen LogP contribution in [0.5, 0.6) is 5.75 Å². The average Bonchev–Trinajstić information content (AvgIpc) is 2.77. The molecule has 3 nitrogen and oxygen atoms in total. The number of nitrogens with zero attached hydrogens (tertiary/aromatic N) is 1. The van der Waals surface area contributed by atoms with E-state index in [1.807, 2.05) is 47.7 Å². The van der Waals surface area contributed by atoms with Gasteiger partial charge in [-0.1, -0.05) is 18.2 Å². The second kappa shape index (κ2) is 3.98. The first-order valence-electron chi connectivity index (χ1n) is 6.97. The Kier molecular flexibility index (Phi) is 2.31. The quantitative estimate of drug-likeness (QED) is 0.497. The van der Waals surface area contributed by atoms with E-state index in [9.17, 15) is 4.79 Å². The second-order valence-corrected chi connectivity index (χ2v) is 5.47. The lowest BCUT2D eigenvalue weighted by atomic mass is 10.0. The molecule has 0 unspecified atom stereocenters. The highest BCUT2D eigenvalue weighted by atomic mass is 16.5. The predicted molar refractivity (Wildman–Crippen MR) is 85.9 cm³/mol. The molecule has 2 aromatic carbocycles. The standard InChI is InChI=1S/C18H15NO2/c1-10-11(2)19-17-15(10)8-12(21-3)9-16(17)13-6-4-5-7-14(13)18(19)20/h4-9H,1-3H3. The number of benzene rings is 2. The number of fused-ring (bicyclic) bond motifs is 2. The number of ether oxygens (including phenoxy) is 1. The summed E-state index contributed by atoms with van der Waals surface area (Å²) in [5, 5.41) is 3.88. The van der Waals surface area contributed by atoms with Crippen molar-refractivity contribution in [2.75, 3.05) is 7.11 Å². The van der Waals surface area contributed by atoms with Crippen molar-refractivity contribution in [3.8, 4) is 5.75 Å². The predicted octanol–water partition coefficient (Wildman–Crippen LogP) is 3.67. The van der Waals surface area contributed by atoms with E-state index in [1.165, 1.54) is 0 Å². The molecule has 21 heavy (non-hydrogen) atoms. The largest absolute Gasteiger partial charge is 0.497 e. The number of methoxy groups -OCH3 is 1. The van der Waals surface area contributed by atoms with Gasteiger partial charge in [0, 0.05) is 21.9 Å². The summed E-state index contributed by atoms with van der Waals surface area (Å²) in [6.07, 6.45) is 0. The van der Waals surface area contributed by atoms with Gasteiger partial charge in [0.1, 0.15) is 5.75 Å². The zero-order chi connectivity index (χ0) is 14.7. The summed E-state index contributed by atoms with van der Waals surface area (Å²) in [6.45, 7) is 4.05. The summed E-state index contributed by atoms with van der Waals surface area (Å²) in [7, 11) is 1.67. The minimum absolute atomic E-state index is 0.0545. The number of aromatic nitrogens is 1. The Bertz CT molecular complexity index is 1060. The van der Waals surface area contributed by atoms with Crippen LogP contribution in [0.15, 0.2) is 41.2 Å². The van der Waals surface area contributed by atoms with E-state index >= 15 is 0 Å². The molecule has 0 N–H and O–H groups in total. The molecule has 2 heterocycles. The fraction of sp³-hybridized carbons (Fsp3) is 0.167. The summed E-state index contributed by atoms with van der Waals surface area (Å²) in [6, 6.07) is 11.8. The third kappa shape index (κ3) is 1.40. The highest BCUT2D eigenvalue weighted by molar-refractivity contribution is 6.13. The maximum atomic E-state index is 12.8. The molecule has 0 fully saturated rings. The van der Waals surface area contributed by atoms with Crippen LogP contribution in [0.2, 0.25) is 0 Å². The molecular weight excluding hydrogens is 262 g/mol. The van der Waals surface area contributed by atoms with Crippen molar-refractivity contribution in [3.05, 3.63) is 58.0 Å². The lowest BCUT2D eigenvalue weighted by Crippen LogP contribution is -2.14. The van der Waals surface area contributed by atoms with Crippen LogP contribution in [-0.4, -0.2) is 11.5 Å². The Morgan fingerprint density at radius 3 is 2.33 bits per heavy atom. The van der Waals surface area contributed by atoms with E-state index in [2.05, 4.69) is 6.92 Å². The van der Waals surface area contributed by atoms with Crippen molar-refractivity contribution in [3.63, 3.8) is 0 Å². The summed E-state index contributed by atoms with van der Waals surface area (Å²) >= 11 is 0. The first kappa shape index (κ1) is 12.2. The van der Waals surface area contributed by atoms with Gasteiger partial charge in [-0.15, -0.1) is 0 Å². The molecule has 0 saturated carbocycles. The summed E-state index contributed by atoms with van der Waals surface area (Å²) in [5.74, 6) is 0.821. The Labute approximate surface area is 121 Å². The van der Waals surface area contributed by atoms with Crippen molar-refractivity contribution in [2.24, 2.45) is 0 Å². The monoisotopic (exact) mass is 277 g/mol. The van der Waals surface area contributed by atoms with Gasteiger partial charge in [-0.2, -0.15) is 0 Å². The molecule has 3 heteroatoms. The maximum absolute atomic E-state index is 12.8. The third-order valence-corrected chi connectivity index (χ3v) is 4.48. The van der Waals surface area contributed by atoms with Gasteiger partial charge < -0.3 is 4.74 Å². The summed E-state index contributed by atoms with van der Waals surface area (Å²) in [5.41, 5.74) is 3.18. The Hall–Kier alpha value is -2.55. The van der Waals surface area contributed by atoms with E-state index < -0.39 is 0 Å². The van der Waals surface area contributed by atoms with Gasteiger partial charge >= 0.3 is 0 Å².